The molecule has 4 rings (SSSR count). The molecular weight excluding hydrogens is 360 g/mol. The van der Waals surface area contributed by atoms with E-state index < -0.39 is 0 Å². The van der Waals surface area contributed by atoms with Crippen molar-refractivity contribution >= 4 is 34.5 Å². The van der Waals surface area contributed by atoms with Crippen LogP contribution in [0.3, 0.4) is 0 Å². The van der Waals surface area contributed by atoms with Gasteiger partial charge in [0.05, 0.1) is 5.69 Å². The van der Waals surface area contributed by atoms with Crippen molar-refractivity contribution in [2.45, 2.75) is 13.8 Å². The number of carbonyl (C=O) groups is 1. The lowest BCUT2D eigenvalue weighted by Crippen LogP contribution is -2.20. The number of anilines is 3. The Morgan fingerprint density at radius 2 is 2.14 bits per heavy atom. The van der Waals surface area contributed by atoms with Crippen molar-refractivity contribution in [2.24, 2.45) is 0 Å². The first-order valence-corrected chi connectivity index (χ1v) is 8.83. The fraction of sp³-hybridized carbons (Fsp3) is 0.263. The molecule has 1 amide bonds. The zero-order chi connectivity index (χ0) is 20.1. The lowest BCUT2D eigenvalue weighted by atomic mass is 10.0. The number of nitrogens with two attached hydrogens (primary N) is 1. The number of nitrogens with one attached hydrogen (secondary N) is 2. The van der Waals surface area contributed by atoms with Crippen molar-refractivity contribution in [2.75, 3.05) is 36.1 Å². The topological polar surface area (TPSA) is 135 Å². The van der Waals surface area contributed by atoms with E-state index in [1.54, 1.807) is 25.4 Å². The van der Waals surface area contributed by atoms with Gasteiger partial charge in [-0.05, 0) is 36.9 Å². The van der Waals surface area contributed by atoms with E-state index in [4.69, 9.17) is 15.6 Å². The first-order chi connectivity index (χ1) is 13.6. The number of pyridine rings is 3. The van der Waals surface area contributed by atoms with Crippen LogP contribution in [0.15, 0.2) is 24.5 Å². The Kier molecular flexibility index (Phi) is 5.85. The lowest BCUT2D eigenvalue weighted by Gasteiger charge is -2.21. The maximum Gasteiger partial charge on any atom is 0.237 e. The number of ether oxygens (including phenoxy) is 1. The third kappa shape index (κ3) is 3.79. The molecule has 3 aromatic heterocycles. The van der Waals surface area contributed by atoms with Crippen LogP contribution >= 0.6 is 0 Å². The van der Waals surface area contributed by atoms with E-state index in [-0.39, 0.29) is 6.61 Å². The van der Waals surface area contributed by atoms with E-state index in [0.717, 1.165) is 34.1 Å². The molecule has 1 aliphatic heterocycles. The first kappa shape index (κ1) is 19.3. The summed E-state index contributed by atoms with van der Waals surface area (Å²) in [6.45, 7) is 5.25. The largest absolute Gasteiger partial charge is 0.474 e. The summed E-state index contributed by atoms with van der Waals surface area (Å²) >= 11 is 0. The number of carbonyl (C=O) groups excluding carboxylic acids is 1. The van der Waals surface area contributed by atoms with Gasteiger partial charge in [-0.3, -0.25) is 4.79 Å². The minimum Gasteiger partial charge on any atom is -0.474 e. The smallest absolute Gasteiger partial charge is 0.237 e. The highest BCUT2D eigenvalue weighted by Crippen LogP contribution is 2.36. The number of fused-ring (bicyclic) bond motifs is 2. The molecule has 0 fully saturated rings. The van der Waals surface area contributed by atoms with Crippen molar-refractivity contribution < 1.29 is 14.6 Å². The molecule has 28 heavy (non-hydrogen) atoms. The van der Waals surface area contributed by atoms with Gasteiger partial charge in [-0.15, -0.1) is 0 Å². The average molecular weight is 382 g/mol. The summed E-state index contributed by atoms with van der Waals surface area (Å²) in [6.07, 6.45) is 3.92. The van der Waals surface area contributed by atoms with Gasteiger partial charge >= 0.3 is 0 Å². The number of aromatic nitrogens is 3. The maximum absolute atomic E-state index is 10.6. The highest BCUT2D eigenvalue weighted by molar-refractivity contribution is 5.95. The van der Waals surface area contributed by atoms with E-state index >= 15 is 0 Å². The fourth-order valence-electron chi connectivity index (χ4n) is 2.93. The Hall–Kier alpha value is -3.46. The van der Waals surface area contributed by atoms with E-state index in [9.17, 15) is 4.79 Å². The van der Waals surface area contributed by atoms with Gasteiger partial charge in [0.2, 0.25) is 12.3 Å². The molecule has 0 saturated heterocycles. The second-order valence-corrected chi connectivity index (χ2v) is 6.01. The molecule has 5 N–H and O–H groups in total. The molecule has 0 spiro atoms. The molecule has 9 heteroatoms. The minimum absolute atomic E-state index is 0.250. The molecule has 0 saturated carbocycles. The van der Waals surface area contributed by atoms with E-state index in [0.29, 0.717) is 36.2 Å². The standard InChI is InChI=1S/C17H16N6O2.C2H6O/c1-9-11(6-21-17-15(9)19-2-3-25-17)13-4-10-5-14(22-8-24)20-7-12(10)16(18)23-13;1-2-3/h4-8,19H,2-3H2,1H3,(H2,18,23)(H,20,22,24);3H,2H2,1H3. The molecule has 4 heterocycles. The fourth-order valence-corrected chi connectivity index (χ4v) is 2.93. The van der Waals surface area contributed by atoms with Crippen molar-refractivity contribution in [1.29, 1.82) is 0 Å². The van der Waals surface area contributed by atoms with Gasteiger partial charge < -0.3 is 26.2 Å². The van der Waals surface area contributed by atoms with Gasteiger partial charge in [0.1, 0.15) is 23.9 Å². The van der Waals surface area contributed by atoms with Crippen LogP contribution in [0.25, 0.3) is 22.0 Å². The molecule has 0 bridgehead atoms. The molecule has 9 nitrogen and oxygen atoms in total. The number of nitrogens with zero attached hydrogens (tertiary/aromatic N) is 3. The van der Waals surface area contributed by atoms with Crippen LogP contribution in [0.1, 0.15) is 12.5 Å². The first-order valence-electron chi connectivity index (χ1n) is 8.83. The highest BCUT2D eigenvalue weighted by Gasteiger charge is 2.18. The Bertz CT molecular complexity index is 1010. The molecule has 3 aromatic rings. The van der Waals surface area contributed by atoms with Crippen LogP contribution in [0.2, 0.25) is 0 Å². The summed E-state index contributed by atoms with van der Waals surface area (Å²) in [7, 11) is 0. The number of hydrogen-bond acceptors (Lipinski definition) is 8. The monoisotopic (exact) mass is 382 g/mol. The molecule has 0 unspecified atom stereocenters. The van der Waals surface area contributed by atoms with Crippen molar-refractivity contribution in [3.8, 4) is 17.1 Å². The van der Waals surface area contributed by atoms with Crippen LogP contribution in [0.5, 0.6) is 5.88 Å². The quantitative estimate of drug-likeness (QED) is 0.505. The number of aliphatic hydroxyl groups is 1. The Balaban J connectivity index is 0.000000706. The van der Waals surface area contributed by atoms with Gasteiger partial charge in [-0.25, -0.2) is 15.0 Å². The van der Waals surface area contributed by atoms with Crippen LogP contribution in [-0.4, -0.2) is 46.2 Å². The van der Waals surface area contributed by atoms with Crippen LogP contribution < -0.4 is 21.1 Å². The zero-order valence-corrected chi connectivity index (χ0v) is 15.7. The lowest BCUT2D eigenvalue weighted by molar-refractivity contribution is -0.105. The number of amides is 1. The molecule has 0 aromatic carbocycles. The Morgan fingerprint density at radius 1 is 1.36 bits per heavy atom. The third-order valence-corrected chi connectivity index (χ3v) is 4.17. The SMILES string of the molecule is CCO.Cc1c(-c2cc3cc(NC=O)ncc3c(N)n2)cnc2c1NCCO2. The summed E-state index contributed by atoms with van der Waals surface area (Å²) in [4.78, 5) is 23.6. The Morgan fingerprint density at radius 3 is 2.89 bits per heavy atom. The molecule has 0 aliphatic carbocycles. The van der Waals surface area contributed by atoms with Crippen LogP contribution in [0, 0.1) is 6.92 Å². The van der Waals surface area contributed by atoms with Gasteiger partial charge in [-0.1, -0.05) is 0 Å². The molecule has 0 atom stereocenters. The van der Waals surface area contributed by atoms with Gasteiger partial charge in [-0.2, -0.15) is 0 Å². The second-order valence-electron chi connectivity index (χ2n) is 6.01. The molecule has 1 aliphatic rings. The number of aliphatic hydroxyl groups excluding tert-OH is 1. The van der Waals surface area contributed by atoms with Crippen molar-refractivity contribution in [3.05, 3.63) is 30.1 Å². The molecule has 0 radical (unpaired) electrons. The predicted octanol–water partition coefficient (Wildman–Crippen LogP) is 1.95. The summed E-state index contributed by atoms with van der Waals surface area (Å²) in [6, 6.07) is 3.66. The van der Waals surface area contributed by atoms with E-state index in [1.165, 1.54) is 0 Å². The Labute approximate surface area is 162 Å². The minimum atomic E-state index is 0.250. The summed E-state index contributed by atoms with van der Waals surface area (Å²) in [5.41, 5.74) is 9.55. The number of nitrogen functional groups attached to an aromatic ring is 1. The van der Waals surface area contributed by atoms with Crippen molar-refractivity contribution in [3.63, 3.8) is 0 Å². The predicted molar refractivity (Wildman–Crippen MR) is 108 cm³/mol. The highest BCUT2D eigenvalue weighted by atomic mass is 16.5. The average Bonchev–Trinajstić information content (AvgIpc) is 2.69. The zero-order valence-electron chi connectivity index (χ0n) is 15.7. The number of hydrogen-bond donors (Lipinski definition) is 4. The van der Waals surface area contributed by atoms with Gasteiger partial charge in [0, 0.05) is 36.5 Å². The maximum atomic E-state index is 10.6. The molecule has 146 valence electrons. The van der Waals surface area contributed by atoms with Gasteiger partial charge in [0.15, 0.2) is 0 Å². The summed E-state index contributed by atoms with van der Waals surface area (Å²) < 4.78 is 5.56. The summed E-state index contributed by atoms with van der Waals surface area (Å²) in [5.74, 6) is 1.43. The van der Waals surface area contributed by atoms with Crippen molar-refractivity contribution in [1.82, 2.24) is 15.0 Å². The number of rotatable bonds is 3. The van der Waals surface area contributed by atoms with Gasteiger partial charge in [0.25, 0.3) is 0 Å². The second kappa shape index (κ2) is 8.49. The van der Waals surface area contributed by atoms with E-state index in [2.05, 4.69) is 25.6 Å². The summed E-state index contributed by atoms with van der Waals surface area (Å²) in [5, 5.41) is 15.0. The normalized spacial score (nSPS) is 12.1. The van der Waals surface area contributed by atoms with Crippen LogP contribution in [-0.2, 0) is 4.79 Å². The molecular formula is C19H22N6O3. The van der Waals surface area contributed by atoms with E-state index in [1.807, 2.05) is 13.0 Å². The van der Waals surface area contributed by atoms with Crippen LogP contribution in [0.4, 0.5) is 17.3 Å². The third-order valence-electron chi connectivity index (χ3n) is 4.17.